The Labute approximate surface area is 70.9 Å². The first-order valence-corrected chi connectivity index (χ1v) is 4.35. The summed E-state index contributed by atoms with van der Waals surface area (Å²) in [7, 11) is 0. The second-order valence-corrected chi connectivity index (χ2v) is 3.54. The molecule has 2 fully saturated rings. The Kier molecular flexibility index (Phi) is 1.81. The maximum atomic E-state index is 10.9. The smallest absolute Gasteiger partial charge is 0.337 e. The van der Waals surface area contributed by atoms with Gasteiger partial charge >= 0.3 is 5.97 Å². The average molecular weight is 171 g/mol. The van der Waals surface area contributed by atoms with Gasteiger partial charge in [-0.3, -0.25) is 0 Å². The molecule has 0 amide bonds. The lowest BCUT2D eigenvalue weighted by Crippen LogP contribution is -2.44. The molecule has 2 rings (SSSR count). The normalized spacial score (nSPS) is 35.3. The summed E-state index contributed by atoms with van der Waals surface area (Å²) in [6, 6.07) is 0. The van der Waals surface area contributed by atoms with Crippen LogP contribution in [0.3, 0.4) is 0 Å². The van der Waals surface area contributed by atoms with Crippen molar-refractivity contribution in [3.63, 3.8) is 0 Å². The average Bonchev–Trinajstić information content (AvgIpc) is 2.66. The van der Waals surface area contributed by atoms with E-state index in [0.717, 1.165) is 19.4 Å². The number of hydrogen-bond acceptors (Lipinski definition) is 3. The van der Waals surface area contributed by atoms with E-state index >= 15 is 0 Å². The molecule has 1 heterocycles. The van der Waals surface area contributed by atoms with Gasteiger partial charge in [-0.05, 0) is 19.4 Å². The molecule has 0 aromatic rings. The molecule has 0 spiro atoms. The largest absolute Gasteiger partial charge is 0.479 e. The highest BCUT2D eigenvalue weighted by atomic mass is 16.5. The van der Waals surface area contributed by atoms with Gasteiger partial charge in [-0.1, -0.05) is 0 Å². The second kappa shape index (κ2) is 2.71. The summed E-state index contributed by atoms with van der Waals surface area (Å²) in [4.78, 5) is 10.9. The summed E-state index contributed by atoms with van der Waals surface area (Å²) in [5.41, 5.74) is -0.916. The van der Waals surface area contributed by atoms with Gasteiger partial charge in [-0.2, -0.15) is 0 Å². The first-order valence-electron chi connectivity index (χ1n) is 4.35. The van der Waals surface area contributed by atoms with E-state index in [-0.39, 0.29) is 6.10 Å². The molecule has 0 radical (unpaired) electrons. The van der Waals surface area contributed by atoms with Crippen molar-refractivity contribution in [2.24, 2.45) is 0 Å². The van der Waals surface area contributed by atoms with Crippen molar-refractivity contribution in [2.75, 3.05) is 13.1 Å². The van der Waals surface area contributed by atoms with Crippen molar-refractivity contribution in [3.8, 4) is 0 Å². The first-order chi connectivity index (χ1) is 5.73. The zero-order chi connectivity index (χ0) is 8.60. The fourth-order valence-corrected chi connectivity index (χ4v) is 1.51. The minimum atomic E-state index is -0.916. The van der Waals surface area contributed by atoms with Crippen LogP contribution in [0.4, 0.5) is 0 Å². The number of ether oxygens (including phenoxy) is 1. The van der Waals surface area contributed by atoms with E-state index in [2.05, 4.69) is 5.32 Å². The fourth-order valence-electron chi connectivity index (χ4n) is 1.51. The fraction of sp³-hybridized carbons (Fsp3) is 0.875. The zero-order valence-electron chi connectivity index (χ0n) is 6.88. The number of carboxylic acids is 1. The maximum absolute atomic E-state index is 10.9. The van der Waals surface area contributed by atoms with E-state index in [1.54, 1.807) is 0 Å². The van der Waals surface area contributed by atoms with Gasteiger partial charge in [0, 0.05) is 13.0 Å². The first kappa shape index (κ1) is 8.01. The van der Waals surface area contributed by atoms with E-state index in [0.29, 0.717) is 13.0 Å². The molecular weight excluding hydrogens is 158 g/mol. The highest BCUT2D eigenvalue weighted by Gasteiger charge is 2.46. The molecule has 0 aromatic carbocycles. The summed E-state index contributed by atoms with van der Waals surface area (Å²) in [6.07, 6.45) is 2.85. The van der Waals surface area contributed by atoms with Crippen LogP contribution in [0.25, 0.3) is 0 Å². The van der Waals surface area contributed by atoms with Gasteiger partial charge in [0.05, 0.1) is 6.10 Å². The van der Waals surface area contributed by atoms with Crippen molar-refractivity contribution >= 4 is 5.97 Å². The summed E-state index contributed by atoms with van der Waals surface area (Å²) in [5.74, 6) is -0.820. The lowest BCUT2D eigenvalue weighted by atomic mass is 10.0. The molecule has 1 saturated heterocycles. The molecule has 0 aromatic heterocycles. The second-order valence-electron chi connectivity index (χ2n) is 3.54. The molecule has 2 N–H and O–H groups in total. The highest BCUT2D eigenvalue weighted by molar-refractivity contribution is 5.78. The summed E-state index contributed by atoms with van der Waals surface area (Å²) < 4.78 is 5.51. The highest BCUT2D eigenvalue weighted by Crippen LogP contribution is 2.32. The van der Waals surface area contributed by atoms with E-state index in [9.17, 15) is 4.79 Å². The van der Waals surface area contributed by atoms with Crippen LogP contribution in [-0.2, 0) is 9.53 Å². The van der Waals surface area contributed by atoms with Crippen LogP contribution in [0, 0.1) is 0 Å². The summed E-state index contributed by atoms with van der Waals surface area (Å²) in [5, 5.41) is 12.0. The third-order valence-electron chi connectivity index (χ3n) is 2.42. The molecule has 1 unspecified atom stereocenters. The van der Waals surface area contributed by atoms with Crippen molar-refractivity contribution in [2.45, 2.75) is 31.0 Å². The molecule has 1 aliphatic carbocycles. The molecule has 2 aliphatic rings. The van der Waals surface area contributed by atoms with E-state index in [1.165, 1.54) is 0 Å². The monoisotopic (exact) mass is 171 g/mol. The van der Waals surface area contributed by atoms with E-state index < -0.39 is 11.6 Å². The molecule has 1 aliphatic heterocycles. The van der Waals surface area contributed by atoms with E-state index in [4.69, 9.17) is 9.84 Å². The van der Waals surface area contributed by atoms with Gasteiger partial charge in [0.1, 0.15) is 0 Å². The Hall–Kier alpha value is -0.610. The van der Waals surface area contributed by atoms with Crippen LogP contribution in [0.1, 0.15) is 19.3 Å². The number of nitrogens with one attached hydrogen (secondary N) is 1. The number of carboxylic acid groups (broad SMARTS) is 1. The third kappa shape index (κ3) is 1.32. The molecule has 12 heavy (non-hydrogen) atoms. The van der Waals surface area contributed by atoms with Crippen LogP contribution in [0.15, 0.2) is 0 Å². The molecular formula is C8H13NO3. The molecule has 1 saturated carbocycles. The van der Waals surface area contributed by atoms with E-state index in [1.807, 2.05) is 0 Å². The van der Waals surface area contributed by atoms with Crippen LogP contribution in [-0.4, -0.2) is 35.9 Å². The molecule has 4 nitrogen and oxygen atoms in total. The number of rotatable bonds is 3. The van der Waals surface area contributed by atoms with Crippen molar-refractivity contribution < 1.29 is 14.6 Å². The van der Waals surface area contributed by atoms with Crippen LogP contribution < -0.4 is 5.32 Å². The Balaban J connectivity index is 2.03. The molecule has 0 bridgehead atoms. The Morgan fingerprint density at radius 2 is 2.33 bits per heavy atom. The third-order valence-corrected chi connectivity index (χ3v) is 2.42. The van der Waals surface area contributed by atoms with Crippen LogP contribution in [0.2, 0.25) is 0 Å². The number of aliphatic carboxylic acids is 1. The van der Waals surface area contributed by atoms with Crippen molar-refractivity contribution in [3.05, 3.63) is 0 Å². The zero-order valence-corrected chi connectivity index (χ0v) is 6.88. The Morgan fingerprint density at radius 3 is 2.75 bits per heavy atom. The Bertz CT molecular complexity index is 194. The predicted octanol–water partition coefficient (Wildman–Crippen LogP) is -0.0179. The minimum Gasteiger partial charge on any atom is -0.479 e. The van der Waals surface area contributed by atoms with Crippen LogP contribution in [0.5, 0.6) is 0 Å². The van der Waals surface area contributed by atoms with Crippen LogP contribution >= 0.6 is 0 Å². The Morgan fingerprint density at radius 1 is 1.58 bits per heavy atom. The maximum Gasteiger partial charge on any atom is 0.337 e. The summed E-state index contributed by atoms with van der Waals surface area (Å²) >= 11 is 0. The van der Waals surface area contributed by atoms with Crippen molar-refractivity contribution in [1.29, 1.82) is 0 Å². The van der Waals surface area contributed by atoms with Crippen molar-refractivity contribution in [1.82, 2.24) is 5.32 Å². The van der Waals surface area contributed by atoms with Gasteiger partial charge in [0.25, 0.3) is 0 Å². The molecule has 4 heteroatoms. The lowest BCUT2D eigenvalue weighted by Gasteiger charge is -2.23. The quantitative estimate of drug-likeness (QED) is 0.626. The van der Waals surface area contributed by atoms with Gasteiger partial charge in [0.2, 0.25) is 0 Å². The molecule has 1 atom stereocenters. The number of hydrogen-bond donors (Lipinski definition) is 2. The SMILES string of the molecule is O=C(O)C1(OC2CC2)CCNC1. The van der Waals surface area contributed by atoms with Gasteiger partial charge in [-0.25, -0.2) is 4.79 Å². The number of carbonyl (C=O) groups is 1. The molecule has 68 valence electrons. The topological polar surface area (TPSA) is 58.6 Å². The van der Waals surface area contributed by atoms with Gasteiger partial charge < -0.3 is 15.2 Å². The summed E-state index contributed by atoms with van der Waals surface area (Å²) in [6.45, 7) is 1.21. The van der Waals surface area contributed by atoms with Gasteiger partial charge in [-0.15, -0.1) is 0 Å². The minimum absolute atomic E-state index is 0.209. The lowest BCUT2D eigenvalue weighted by molar-refractivity contribution is -0.165. The predicted molar refractivity (Wildman–Crippen MR) is 42.0 cm³/mol. The van der Waals surface area contributed by atoms with Gasteiger partial charge in [0.15, 0.2) is 5.60 Å². The standard InChI is InChI=1S/C8H13NO3/c10-7(11)8(3-4-9-5-8)12-6-1-2-6/h6,9H,1-5H2,(H,10,11).